The van der Waals surface area contributed by atoms with Crippen LogP contribution in [0.2, 0.25) is 25.1 Å². The number of phenolic OH excluding ortho intramolecular Hbond substituents is 1. The number of phenols is 1. The van der Waals surface area contributed by atoms with Gasteiger partial charge >= 0.3 is 0 Å². The molecule has 0 saturated heterocycles. The second-order valence-corrected chi connectivity index (χ2v) is 7.72. The van der Waals surface area contributed by atoms with Crippen LogP contribution < -0.4 is 4.72 Å². The van der Waals surface area contributed by atoms with E-state index in [1.54, 1.807) is 0 Å². The molecule has 0 aromatic heterocycles. The van der Waals surface area contributed by atoms with E-state index in [1.165, 1.54) is 18.2 Å². The van der Waals surface area contributed by atoms with E-state index >= 15 is 0 Å². The van der Waals surface area contributed by atoms with Crippen molar-refractivity contribution in [3.8, 4) is 5.75 Å². The number of hydrogen-bond donors (Lipinski definition) is 2. The standard InChI is InChI=1S/C12H6Cl5NO3S/c13-5-1-2-9(6(14)3-5)18-22(20,21)12-10(17)7(15)4-8(16)11(12)19/h1-4,18-19H. The van der Waals surface area contributed by atoms with Gasteiger partial charge in [0.1, 0.15) is 0 Å². The third-order valence-corrected chi connectivity index (χ3v) is 5.71. The van der Waals surface area contributed by atoms with Gasteiger partial charge in [0.15, 0.2) is 10.6 Å². The summed E-state index contributed by atoms with van der Waals surface area (Å²) < 4.78 is 27.0. The quantitative estimate of drug-likeness (QED) is 0.647. The molecule has 0 fully saturated rings. The first-order valence-corrected chi connectivity index (χ1v) is 8.85. The van der Waals surface area contributed by atoms with Crippen LogP contribution in [-0.2, 0) is 10.0 Å². The summed E-state index contributed by atoms with van der Waals surface area (Å²) in [5.41, 5.74) is 0.0534. The topological polar surface area (TPSA) is 66.4 Å². The first kappa shape index (κ1) is 17.8. The minimum Gasteiger partial charge on any atom is -0.505 e. The molecule has 0 aliphatic carbocycles. The normalized spacial score (nSPS) is 11.5. The van der Waals surface area contributed by atoms with Crippen molar-refractivity contribution in [3.63, 3.8) is 0 Å². The average Bonchev–Trinajstić information content (AvgIpc) is 2.40. The average molecular weight is 422 g/mol. The molecule has 0 heterocycles. The number of anilines is 1. The molecule has 0 aliphatic rings. The van der Waals surface area contributed by atoms with E-state index in [1.807, 2.05) is 0 Å². The van der Waals surface area contributed by atoms with Gasteiger partial charge in [-0.25, -0.2) is 8.42 Å². The molecule has 2 aromatic rings. The predicted molar refractivity (Wildman–Crippen MR) is 90.4 cm³/mol. The highest BCUT2D eigenvalue weighted by Gasteiger charge is 2.27. The molecule has 0 unspecified atom stereocenters. The minimum atomic E-state index is -4.28. The maximum absolute atomic E-state index is 12.4. The van der Waals surface area contributed by atoms with Gasteiger partial charge in [0.2, 0.25) is 0 Å². The van der Waals surface area contributed by atoms with E-state index in [0.29, 0.717) is 5.02 Å². The van der Waals surface area contributed by atoms with Crippen molar-refractivity contribution in [2.45, 2.75) is 4.90 Å². The third kappa shape index (κ3) is 3.50. The molecule has 0 amide bonds. The summed E-state index contributed by atoms with van der Waals surface area (Å²) in [6.07, 6.45) is 0. The minimum absolute atomic E-state index is 0.0534. The first-order valence-electron chi connectivity index (χ1n) is 5.48. The van der Waals surface area contributed by atoms with Crippen molar-refractivity contribution in [1.82, 2.24) is 0 Å². The van der Waals surface area contributed by atoms with E-state index in [9.17, 15) is 13.5 Å². The Morgan fingerprint density at radius 3 is 2.14 bits per heavy atom. The lowest BCUT2D eigenvalue weighted by Gasteiger charge is -2.13. The maximum Gasteiger partial charge on any atom is 0.267 e. The molecule has 118 valence electrons. The number of rotatable bonds is 3. The Hall–Kier alpha value is -0.560. The lowest BCUT2D eigenvalue weighted by Crippen LogP contribution is -2.14. The fraction of sp³-hybridized carbons (Fsp3) is 0. The van der Waals surface area contributed by atoms with Gasteiger partial charge in [0.25, 0.3) is 10.0 Å². The van der Waals surface area contributed by atoms with Gasteiger partial charge < -0.3 is 5.11 Å². The number of sulfonamides is 1. The van der Waals surface area contributed by atoms with Crippen molar-refractivity contribution in [2.75, 3.05) is 4.72 Å². The largest absolute Gasteiger partial charge is 0.505 e. The number of hydrogen-bond acceptors (Lipinski definition) is 3. The van der Waals surface area contributed by atoms with E-state index in [4.69, 9.17) is 58.0 Å². The Morgan fingerprint density at radius 2 is 1.55 bits per heavy atom. The molecular weight excluding hydrogens is 415 g/mol. The molecule has 2 aromatic carbocycles. The van der Waals surface area contributed by atoms with Crippen LogP contribution in [0.5, 0.6) is 5.75 Å². The van der Waals surface area contributed by atoms with E-state index in [0.717, 1.165) is 6.07 Å². The Kier molecular flexibility index (Phi) is 5.27. The molecule has 10 heteroatoms. The summed E-state index contributed by atoms with van der Waals surface area (Å²) in [6.45, 7) is 0. The molecule has 0 aliphatic heterocycles. The summed E-state index contributed by atoms with van der Waals surface area (Å²) in [7, 11) is -4.28. The van der Waals surface area contributed by atoms with Crippen molar-refractivity contribution in [2.24, 2.45) is 0 Å². The highest BCUT2D eigenvalue weighted by Crippen LogP contribution is 2.42. The smallest absolute Gasteiger partial charge is 0.267 e. The number of benzene rings is 2. The van der Waals surface area contributed by atoms with Crippen LogP contribution in [0.25, 0.3) is 0 Å². The number of halogens is 5. The SMILES string of the molecule is O=S(=O)(Nc1ccc(Cl)cc1Cl)c1c(O)c(Cl)cc(Cl)c1Cl. The number of aromatic hydroxyl groups is 1. The summed E-state index contributed by atoms with van der Waals surface area (Å²) in [6, 6.07) is 5.29. The van der Waals surface area contributed by atoms with Crippen molar-refractivity contribution in [1.29, 1.82) is 0 Å². The zero-order valence-corrected chi connectivity index (χ0v) is 15.0. The molecule has 22 heavy (non-hydrogen) atoms. The molecule has 2 rings (SSSR count). The molecule has 0 saturated carbocycles. The van der Waals surface area contributed by atoms with Crippen LogP contribution in [0.1, 0.15) is 0 Å². The van der Waals surface area contributed by atoms with Gasteiger partial charge in [0.05, 0.1) is 25.8 Å². The van der Waals surface area contributed by atoms with Crippen LogP contribution in [0.15, 0.2) is 29.2 Å². The summed E-state index contributed by atoms with van der Waals surface area (Å²) in [5.74, 6) is -0.714. The molecule has 0 bridgehead atoms. The van der Waals surface area contributed by atoms with Gasteiger partial charge in [-0.05, 0) is 24.3 Å². The Labute approximate surface area is 151 Å². The second kappa shape index (κ2) is 6.51. The predicted octanol–water partition coefficient (Wildman–Crippen LogP) is 5.46. The van der Waals surface area contributed by atoms with Crippen LogP contribution >= 0.6 is 58.0 Å². The molecule has 0 radical (unpaired) electrons. The van der Waals surface area contributed by atoms with Crippen molar-refractivity contribution < 1.29 is 13.5 Å². The molecule has 0 atom stereocenters. The molecular formula is C12H6Cl5NO3S. The second-order valence-electron chi connectivity index (χ2n) is 4.06. The fourth-order valence-corrected chi connectivity index (χ4v) is 4.39. The molecule has 0 spiro atoms. The third-order valence-electron chi connectivity index (χ3n) is 2.55. The van der Waals surface area contributed by atoms with Gasteiger partial charge in [-0.15, -0.1) is 0 Å². The molecule has 2 N–H and O–H groups in total. The lowest BCUT2D eigenvalue weighted by atomic mass is 10.3. The Bertz CT molecular complexity index is 828. The van der Waals surface area contributed by atoms with Gasteiger partial charge in [-0.1, -0.05) is 58.0 Å². The van der Waals surface area contributed by atoms with Crippen LogP contribution in [0.3, 0.4) is 0 Å². The Balaban J connectivity index is 2.57. The number of nitrogens with one attached hydrogen (secondary N) is 1. The zero-order chi connectivity index (χ0) is 16.7. The van der Waals surface area contributed by atoms with Crippen molar-refractivity contribution in [3.05, 3.63) is 49.4 Å². The van der Waals surface area contributed by atoms with Crippen LogP contribution in [0, 0.1) is 0 Å². The fourth-order valence-electron chi connectivity index (χ4n) is 1.58. The Morgan fingerprint density at radius 1 is 0.909 bits per heavy atom. The van der Waals surface area contributed by atoms with E-state index in [2.05, 4.69) is 4.72 Å². The summed E-state index contributed by atoms with van der Waals surface area (Å²) in [5, 5.41) is 9.55. The summed E-state index contributed by atoms with van der Waals surface area (Å²) >= 11 is 29.0. The van der Waals surface area contributed by atoms with Crippen molar-refractivity contribution >= 4 is 73.7 Å². The van der Waals surface area contributed by atoms with Crippen LogP contribution in [-0.4, -0.2) is 13.5 Å². The zero-order valence-electron chi connectivity index (χ0n) is 10.4. The highest BCUT2D eigenvalue weighted by molar-refractivity contribution is 7.93. The van der Waals surface area contributed by atoms with Crippen LogP contribution in [0.4, 0.5) is 5.69 Å². The first-order chi connectivity index (χ1) is 10.1. The van der Waals surface area contributed by atoms with Gasteiger partial charge in [-0.2, -0.15) is 0 Å². The van der Waals surface area contributed by atoms with E-state index < -0.39 is 20.7 Å². The summed E-state index contributed by atoms with van der Waals surface area (Å²) in [4.78, 5) is -0.641. The molecule has 4 nitrogen and oxygen atoms in total. The lowest BCUT2D eigenvalue weighted by molar-refractivity contribution is 0.459. The van der Waals surface area contributed by atoms with Gasteiger partial charge in [-0.3, -0.25) is 4.72 Å². The monoisotopic (exact) mass is 419 g/mol. The van der Waals surface area contributed by atoms with E-state index in [-0.39, 0.29) is 25.8 Å². The van der Waals surface area contributed by atoms with Gasteiger partial charge in [0, 0.05) is 5.02 Å². The maximum atomic E-state index is 12.4. The highest BCUT2D eigenvalue weighted by atomic mass is 35.5.